The van der Waals surface area contributed by atoms with Crippen LogP contribution in [0.4, 0.5) is 10.1 Å². The first-order chi connectivity index (χ1) is 6.97. The third-order valence-electron chi connectivity index (χ3n) is 2.26. The van der Waals surface area contributed by atoms with Crippen LogP contribution in [0.15, 0.2) is 12.1 Å². The Morgan fingerprint density at radius 2 is 2.00 bits per heavy atom. The van der Waals surface area contributed by atoms with Crippen molar-refractivity contribution in [2.24, 2.45) is 0 Å². The Balaban J connectivity index is 3.09. The Kier molecular flexibility index (Phi) is 3.62. The fourth-order valence-corrected chi connectivity index (χ4v) is 1.24. The van der Waals surface area contributed by atoms with Crippen LogP contribution in [-0.4, -0.2) is 28.0 Å². The molecule has 5 heteroatoms. The van der Waals surface area contributed by atoms with Gasteiger partial charge >= 0.3 is 0 Å². The topological polar surface area (TPSA) is 86.7 Å². The summed E-state index contributed by atoms with van der Waals surface area (Å²) in [5.41, 5.74) is 6.32. The van der Waals surface area contributed by atoms with Gasteiger partial charge in [-0.2, -0.15) is 0 Å². The zero-order valence-corrected chi connectivity index (χ0v) is 8.31. The molecule has 0 aliphatic carbocycles. The van der Waals surface area contributed by atoms with Gasteiger partial charge in [0.2, 0.25) is 0 Å². The second-order valence-corrected chi connectivity index (χ2v) is 3.43. The van der Waals surface area contributed by atoms with Crippen molar-refractivity contribution in [3.63, 3.8) is 0 Å². The maximum absolute atomic E-state index is 13.4. The first kappa shape index (κ1) is 11.9. The molecule has 4 nitrogen and oxygen atoms in total. The summed E-state index contributed by atoms with van der Waals surface area (Å²) < 4.78 is 13.4. The van der Waals surface area contributed by atoms with E-state index in [0.717, 1.165) is 0 Å². The fraction of sp³-hybridized carbons (Fsp3) is 0.400. The van der Waals surface area contributed by atoms with Crippen LogP contribution in [0.1, 0.15) is 17.2 Å². The quantitative estimate of drug-likeness (QED) is 0.539. The molecule has 84 valence electrons. The molecule has 0 bridgehead atoms. The number of aliphatic hydroxyl groups excluding tert-OH is 3. The van der Waals surface area contributed by atoms with Crippen molar-refractivity contribution in [2.75, 3.05) is 12.3 Å². The molecule has 0 heterocycles. The summed E-state index contributed by atoms with van der Waals surface area (Å²) in [6.07, 6.45) is -2.89. The molecule has 1 aromatic rings. The largest absolute Gasteiger partial charge is 0.399 e. The first-order valence-electron chi connectivity index (χ1n) is 4.50. The van der Waals surface area contributed by atoms with Crippen LogP contribution in [-0.2, 0) is 0 Å². The van der Waals surface area contributed by atoms with Crippen molar-refractivity contribution in [1.82, 2.24) is 0 Å². The van der Waals surface area contributed by atoms with E-state index in [2.05, 4.69) is 0 Å². The van der Waals surface area contributed by atoms with Crippen molar-refractivity contribution in [1.29, 1.82) is 0 Å². The molecule has 2 atom stereocenters. The fourth-order valence-electron chi connectivity index (χ4n) is 1.24. The monoisotopic (exact) mass is 215 g/mol. The van der Waals surface area contributed by atoms with E-state index in [9.17, 15) is 9.50 Å². The Morgan fingerprint density at radius 3 is 2.53 bits per heavy atom. The lowest BCUT2D eigenvalue weighted by molar-refractivity contribution is -0.0168. The molecule has 0 saturated carbocycles. The van der Waals surface area contributed by atoms with E-state index in [4.69, 9.17) is 15.9 Å². The van der Waals surface area contributed by atoms with E-state index < -0.39 is 24.6 Å². The number of nitrogens with two attached hydrogens (primary N) is 1. The second kappa shape index (κ2) is 4.57. The van der Waals surface area contributed by atoms with Gasteiger partial charge in [0, 0.05) is 11.3 Å². The van der Waals surface area contributed by atoms with Crippen LogP contribution >= 0.6 is 0 Å². The minimum Gasteiger partial charge on any atom is -0.399 e. The summed E-state index contributed by atoms with van der Waals surface area (Å²) in [5, 5.41) is 27.3. The minimum absolute atomic E-state index is 0.111. The van der Waals surface area contributed by atoms with Gasteiger partial charge in [0.05, 0.1) is 6.61 Å². The number of nitrogen functional groups attached to an aromatic ring is 1. The molecule has 1 rings (SSSR count). The summed E-state index contributed by atoms with van der Waals surface area (Å²) in [7, 11) is 0. The van der Waals surface area contributed by atoms with E-state index in [-0.39, 0.29) is 5.56 Å². The number of rotatable bonds is 3. The maximum Gasteiger partial charge on any atom is 0.129 e. The average Bonchev–Trinajstić information content (AvgIpc) is 2.21. The SMILES string of the molecule is Cc1cc(F)c(C(O)C(O)CO)cc1N. The molecular weight excluding hydrogens is 201 g/mol. The van der Waals surface area contributed by atoms with Crippen molar-refractivity contribution >= 4 is 5.69 Å². The lowest BCUT2D eigenvalue weighted by atomic mass is 10.0. The van der Waals surface area contributed by atoms with Crippen LogP contribution in [0.5, 0.6) is 0 Å². The highest BCUT2D eigenvalue weighted by Crippen LogP contribution is 2.24. The number of benzene rings is 1. The summed E-state index contributed by atoms with van der Waals surface area (Å²) in [5.74, 6) is -0.651. The van der Waals surface area contributed by atoms with Crippen LogP contribution in [0.2, 0.25) is 0 Å². The van der Waals surface area contributed by atoms with Gasteiger partial charge in [-0.25, -0.2) is 4.39 Å². The molecule has 0 aromatic heterocycles. The molecule has 0 fully saturated rings. The summed E-state index contributed by atoms with van der Waals surface area (Å²) in [4.78, 5) is 0. The summed E-state index contributed by atoms with van der Waals surface area (Å²) in [6.45, 7) is 0.992. The van der Waals surface area contributed by atoms with Gasteiger partial charge < -0.3 is 21.1 Å². The predicted molar refractivity (Wildman–Crippen MR) is 53.6 cm³/mol. The van der Waals surface area contributed by atoms with Gasteiger partial charge in [-0.15, -0.1) is 0 Å². The number of aliphatic hydroxyl groups is 3. The van der Waals surface area contributed by atoms with Crippen molar-refractivity contribution < 1.29 is 19.7 Å². The Labute approximate surface area is 86.8 Å². The first-order valence-corrected chi connectivity index (χ1v) is 4.50. The standard InChI is InChI=1S/C10H14FNO3/c1-5-2-7(11)6(3-8(5)12)10(15)9(14)4-13/h2-3,9-10,13-15H,4,12H2,1H3. The van der Waals surface area contributed by atoms with Gasteiger partial charge in [-0.3, -0.25) is 0 Å². The Morgan fingerprint density at radius 1 is 1.40 bits per heavy atom. The highest BCUT2D eigenvalue weighted by molar-refractivity contribution is 5.49. The number of hydrogen-bond acceptors (Lipinski definition) is 4. The Bertz CT molecular complexity index is 357. The lowest BCUT2D eigenvalue weighted by Crippen LogP contribution is -2.23. The van der Waals surface area contributed by atoms with Crippen molar-refractivity contribution in [2.45, 2.75) is 19.1 Å². The van der Waals surface area contributed by atoms with Crippen LogP contribution in [0.3, 0.4) is 0 Å². The zero-order chi connectivity index (χ0) is 11.6. The highest BCUT2D eigenvalue weighted by atomic mass is 19.1. The van der Waals surface area contributed by atoms with E-state index in [1.54, 1.807) is 6.92 Å². The van der Waals surface area contributed by atoms with Crippen LogP contribution in [0.25, 0.3) is 0 Å². The van der Waals surface area contributed by atoms with Crippen LogP contribution < -0.4 is 5.73 Å². The van der Waals surface area contributed by atoms with Gasteiger partial charge in [0.1, 0.15) is 18.0 Å². The molecule has 0 aliphatic rings. The summed E-state index contributed by atoms with van der Waals surface area (Å²) >= 11 is 0. The maximum atomic E-state index is 13.4. The number of aryl methyl sites for hydroxylation is 1. The third kappa shape index (κ3) is 2.44. The predicted octanol–water partition coefficient (Wildman–Crippen LogP) is 0.103. The second-order valence-electron chi connectivity index (χ2n) is 3.43. The smallest absolute Gasteiger partial charge is 0.129 e. The molecule has 5 N–H and O–H groups in total. The molecular formula is C10H14FNO3. The average molecular weight is 215 g/mol. The third-order valence-corrected chi connectivity index (χ3v) is 2.26. The van der Waals surface area contributed by atoms with E-state index >= 15 is 0 Å². The molecule has 15 heavy (non-hydrogen) atoms. The molecule has 1 aromatic carbocycles. The van der Waals surface area contributed by atoms with E-state index in [0.29, 0.717) is 11.3 Å². The normalized spacial score (nSPS) is 15.0. The Hall–Kier alpha value is -1.17. The molecule has 0 radical (unpaired) electrons. The molecule has 0 amide bonds. The highest BCUT2D eigenvalue weighted by Gasteiger charge is 2.21. The van der Waals surface area contributed by atoms with Gasteiger partial charge in [0.25, 0.3) is 0 Å². The summed E-state index contributed by atoms with van der Waals surface area (Å²) in [6, 6.07) is 2.44. The number of halogens is 1. The van der Waals surface area contributed by atoms with Gasteiger partial charge in [-0.05, 0) is 24.6 Å². The molecule has 0 saturated heterocycles. The molecule has 0 spiro atoms. The van der Waals surface area contributed by atoms with Crippen molar-refractivity contribution in [3.8, 4) is 0 Å². The van der Waals surface area contributed by atoms with E-state index in [1.807, 2.05) is 0 Å². The number of anilines is 1. The lowest BCUT2D eigenvalue weighted by Gasteiger charge is -2.17. The van der Waals surface area contributed by atoms with E-state index in [1.165, 1.54) is 12.1 Å². The van der Waals surface area contributed by atoms with Gasteiger partial charge in [0.15, 0.2) is 0 Å². The van der Waals surface area contributed by atoms with Crippen molar-refractivity contribution in [3.05, 3.63) is 29.1 Å². The molecule has 0 aliphatic heterocycles. The molecule has 2 unspecified atom stereocenters. The zero-order valence-electron chi connectivity index (χ0n) is 8.31. The van der Waals surface area contributed by atoms with Crippen LogP contribution in [0, 0.1) is 12.7 Å². The minimum atomic E-state index is -1.47. The van der Waals surface area contributed by atoms with Gasteiger partial charge in [-0.1, -0.05) is 0 Å². The number of hydrogen-bond donors (Lipinski definition) is 4.